The number of carbonyl (C=O) groups excluding carboxylic acids is 1. The van der Waals surface area contributed by atoms with Crippen LogP contribution in [0.15, 0.2) is 64.2 Å². The zero-order valence-corrected chi connectivity index (χ0v) is 18.2. The fraction of sp³-hybridized carbons (Fsp3) is 0.286. The molecule has 10 heteroatoms. The van der Waals surface area contributed by atoms with Crippen molar-refractivity contribution in [2.24, 2.45) is 5.92 Å². The summed E-state index contributed by atoms with van der Waals surface area (Å²) in [6.07, 6.45) is 1.06. The highest BCUT2D eigenvalue weighted by Crippen LogP contribution is 2.25. The maximum atomic E-state index is 12.2. The van der Waals surface area contributed by atoms with Gasteiger partial charge in [-0.15, -0.1) is 10.2 Å². The van der Waals surface area contributed by atoms with E-state index in [2.05, 4.69) is 15.5 Å². The van der Waals surface area contributed by atoms with E-state index in [1.54, 1.807) is 24.3 Å². The second-order valence-corrected chi connectivity index (χ2v) is 10.4. The Balaban J connectivity index is 1.23. The van der Waals surface area contributed by atoms with Crippen molar-refractivity contribution >= 4 is 33.2 Å². The van der Waals surface area contributed by atoms with E-state index in [-0.39, 0.29) is 34.3 Å². The maximum Gasteiger partial charge on any atom is 0.277 e. The molecule has 0 bridgehead atoms. The molecule has 0 unspecified atom stereocenters. The van der Waals surface area contributed by atoms with E-state index in [1.165, 1.54) is 0 Å². The number of para-hydroxylation sites is 1. The fourth-order valence-corrected chi connectivity index (χ4v) is 5.66. The number of ether oxygens (including phenoxy) is 1. The number of carbonyl (C=O) groups is 1. The molecular formula is C21H21N3O5S2. The molecule has 31 heavy (non-hydrogen) atoms. The number of amides is 1. The molecule has 1 amide bonds. The zero-order chi connectivity index (χ0) is 21.7. The number of nitrogens with one attached hydrogen (secondary N) is 1. The molecule has 2 aromatic carbocycles. The van der Waals surface area contributed by atoms with Crippen LogP contribution in [0.3, 0.4) is 0 Å². The second kappa shape index (κ2) is 9.52. The van der Waals surface area contributed by atoms with Gasteiger partial charge in [-0.3, -0.25) is 4.79 Å². The number of anilines is 1. The van der Waals surface area contributed by atoms with Crippen LogP contribution >= 0.6 is 11.8 Å². The van der Waals surface area contributed by atoms with Gasteiger partial charge in [0.1, 0.15) is 11.5 Å². The van der Waals surface area contributed by atoms with Crippen LogP contribution in [0.1, 0.15) is 12.3 Å². The highest BCUT2D eigenvalue weighted by Gasteiger charge is 2.29. The summed E-state index contributed by atoms with van der Waals surface area (Å²) in [7, 11) is -2.93. The number of hydrogen-bond acceptors (Lipinski definition) is 8. The molecule has 1 N–H and O–H groups in total. The summed E-state index contributed by atoms with van der Waals surface area (Å²) in [5, 5.41) is 11.0. The molecule has 1 aromatic heterocycles. The molecule has 3 aromatic rings. The van der Waals surface area contributed by atoms with Gasteiger partial charge in [-0.2, -0.15) is 0 Å². The number of benzene rings is 2. The summed E-state index contributed by atoms with van der Waals surface area (Å²) < 4.78 is 34.3. The van der Waals surface area contributed by atoms with E-state index in [0.29, 0.717) is 30.2 Å². The molecule has 162 valence electrons. The zero-order valence-electron chi connectivity index (χ0n) is 16.6. The predicted molar refractivity (Wildman–Crippen MR) is 117 cm³/mol. The van der Waals surface area contributed by atoms with Crippen LogP contribution < -0.4 is 10.1 Å². The Kier molecular flexibility index (Phi) is 6.57. The van der Waals surface area contributed by atoms with Crippen molar-refractivity contribution in [3.63, 3.8) is 0 Å². The molecule has 0 radical (unpaired) electrons. The number of aromatic nitrogens is 2. The van der Waals surface area contributed by atoms with Crippen molar-refractivity contribution in [3.05, 3.63) is 60.5 Å². The van der Waals surface area contributed by atoms with Crippen molar-refractivity contribution in [1.82, 2.24) is 10.2 Å². The van der Waals surface area contributed by atoms with Gasteiger partial charge in [-0.1, -0.05) is 30.0 Å². The van der Waals surface area contributed by atoms with Crippen LogP contribution in [0, 0.1) is 5.92 Å². The lowest BCUT2D eigenvalue weighted by atomic mass is 10.1. The second-order valence-electron chi connectivity index (χ2n) is 7.21. The molecule has 0 spiro atoms. The summed E-state index contributed by atoms with van der Waals surface area (Å²) in [5.41, 5.74) is 0.652. The molecule has 4 rings (SSSR count). The Morgan fingerprint density at radius 3 is 2.55 bits per heavy atom. The van der Waals surface area contributed by atoms with Gasteiger partial charge in [0, 0.05) is 12.1 Å². The number of hydrogen-bond donors (Lipinski definition) is 1. The van der Waals surface area contributed by atoms with Crippen LogP contribution in [0.4, 0.5) is 5.69 Å². The van der Waals surface area contributed by atoms with E-state index < -0.39 is 9.84 Å². The first-order chi connectivity index (χ1) is 14.9. The van der Waals surface area contributed by atoms with Crippen LogP contribution in [0.2, 0.25) is 0 Å². The van der Waals surface area contributed by atoms with Gasteiger partial charge >= 0.3 is 0 Å². The van der Waals surface area contributed by atoms with Gasteiger partial charge in [0.15, 0.2) is 9.84 Å². The number of sulfone groups is 1. The molecule has 2 heterocycles. The van der Waals surface area contributed by atoms with E-state index >= 15 is 0 Å². The minimum Gasteiger partial charge on any atom is -0.457 e. The lowest BCUT2D eigenvalue weighted by Gasteiger charge is -2.07. The SMILES string of the molecule is O=C(CSc1nnc(C[C@@H]2CCS(=O)(=O)C2)o1)Nc1ccc(Oc2ccccc2)cc1. The summed E-state index contributed by atoms with van der Waals surface area (Å²) >= 11 is 1.14. The van der Waals surface area contributed by atoms with Gasteiger partial charge in [0.25, 0.3) is 5.22 Å². The van der Waals surface area contributed by atoms with Gasteiger partial charge in [0.2, 0.25) is 11.8 Å². The molecule has 1 fully saturated rings. The number of thioether (sulfide) groups is 1. The molecule has 0 aliphatic carbocycles. The lowest BCUT2D eigenvalue weighted by molar-refractivity contribution is -0.113. The molecule has 1 saturated heterocycles. The van der Waals surface area contributed by atoms with Gasteiger partial charge in [-0.25, -0.2) is 8.42 Å². The van der Waals surface area contributed by atoms with Crippen molar-refractivity contribution in [2.45, 2.75) is 18.1 Å². The molecule has 8 nitrogen and oxygen atoms in total. The Morgan fingerprint density at radius 1 is 1.10 bits per heavy atom. The molecule has 1 atom stereocenters. The Labute approximate surface area is 184 Å². The summed E-state index contributed by atoms with van der Waals surface area (Å²) in [4.78, 5) is 12.2. The van der Waals surface area contributed by atoms with E-state index in [9.17, 15) is 13.2 Å². The van der Waals surface area contributed by atoms with Gasteiger partial charge < -0.3 is 14.5 Å². The smallest absolute Gasteiger partial charge is 0.277 e. The highest BCUT2D eigenvalue weighted by molar-refractivity contribution is 7.99. The van der Waals surface area contributed by atoms with Crippen LogP contribution in [0.5, 0.6) is 11.5 Å². The predicted octanol–water partition coefficient (Wildman–Crippen LogP) is 3.57. The van der Waals surface area contributed by atoms with Crippen molar-refractivity contribution in [1.29, 1.82) is 0 Å². The molecular weight excluding hydrogens is 438 g/mol. The monoisotopic (exact) mass is 459 g/mol. The average molecular weight is 460 g/mol. The fourth-order valence-electron chi connectivity index (χ4n) is 3.21. The molecule has 0 saturated carbocycles. The summed E-state index contributed by atoms with van der Waals surface area (Å²) in [6.45, 7) is 0. The highest BCUT2D eigenvalue weighted by atomic mass is 32.2. The van der Waals surface area contributed by atoms with E-state index in [1.807, 2.05) is 30.3 Å². The molecule has 1 aliphatic rings. The van der Waals surface area contributed by atoms with E-state index in [0.717, 1.165) is 17.5 Å². The lowest BCUT2D eigenvalue weighted by Crippen LogP contribution is -2.13. The standard InChI is InChI=1S/C21H21N3O5S2/c25-19(22-16-6-8-18(9-7-16)28-17-4-2-1-3-5-17)13-30-21-24-23-20(29-21)12-15-10-11-31(26,27)14-15/h1-9,15H,10-14H2,(H,22,25)/t15-/m0/s1. The van der Waals surface area contributed by atoms with Gasteiger partial charge in [-0.05, 0) is 48.7 Å². The number of nitrogens with zero attached hydrogens (tertiary/aromatic N) is 2. The first-order valence-corrected chi connectivity index (χ1v) is 12.5. The third kappa shape index (κ3) is 6.31. The topological polar surface area (TPSA) is 111 Å². The summed E-state index contributed by atoms with van der Waals surface area (Å²) in [5.74, 6) is 2.11. The van der Waals surface area contributed by atoms with Crippen LogP contribution in [-0.4, -0.2) is 41.8 Å². The quantitative estimate of drug-likeness (QED) is 0.509. The Morgan fingerprint density at radius 2 is 1.84 bits per heavy atom. The third-order valence-electron chi connectivity index (χ3n) is 4.68. The van der Waals surface area contributed by atoms with E-state index in [4.69, 9.17) is 9.15 Å². The first-order valence-electron chi connectivity index (χ1n) is 9.74. The van der Waals surface area contributed by atoms with Crippen molar-refractivity contribution in [3.8, 4) is 11.5 Å². The maximum absolute atomic E-state index is 12.2. The Bertz CT molecular complexity index is 1130. The Hall–Kier alpha value is -2.85. The minimum absolute atomic E-state index is 0.0143. The van der Waals surface area contributed by atoms with Crippen molar-refractivity contribution < 1.29 is 22.4 Å². The number of rotatable bonds is 8. The minimum atomic E-state index is -2.93. The van der Waals surface area contributed by atoms with Crippen molar-refractivity contribution in [2.75, 3.05) is 22.6 Å². The normalized spacial score (nSPS) is 17.4. The first kappa shape index (κ1) is 21.4. The largest absolute Gasteiger partial charge is 0.457 e. The van der Waals surface area contributed by atoms with Gasteiger partial charge in [0.05, 0.1) is 17.3 Å². The summed E-state index contributed by atoms with van der Waals surface area (Å²) in [6, 6.07) is 16.5. The van der Waals surface area contributed by atoms with Crippen LogP contribution in [0.25, 0.3) is 0 Å². The molecule has 1 aliphatic heterocycles. The third-order valence-corrected chi connectivity index (χ3v) is 7.34. The van der Waals surface area contributed by atoms with Crippen LogP contribution in [-0.2, 0) is 21.1 Å². The average Bonchev–Trinajstić information content (AvgIpc) is 3.34.